The van der Waals surface area contributed by atoms with Gasteiger partial charge in [0.25, 0.3) is 0 Å². The number of ether oxygens (including phenoxy) is 1. The standard InChI is InChI=1S/C24H27N7O3S/c1-17(2)34-23-14-20-21(15-27-23)28-29-24(20)19-5-8-26-22(13-19)30-9-11-31(12-10-30)35(32,33)16-18-3-6-25-7-4-18/h3-8,13-15,17H,9-12,16H2,1-2H3,(H,28,29). The summed E-state index contributed by atoms with van der Waals surface area (Å²) in [7, 11) is -3.40. The molecule has 10 nitrogen and oxygen atoms in total. The molecule has 11 heteroatoms. The molecule has 4 aromatic rings. The van der Waals surface area contributed by atoms with E-state index in [0.717, 1.165) is 33.5 Å². The van der Waals surface area contributed by atoms with Crippen molar-refractivity contribution in [3.8, 4) is 17.1 Å². The van der Waals surface area contributed by atoms with Crippen LogP contribution < -0.4 is 9.64 Å². The first-order valence-corrected chi connectivity index (χ1v) is 13.1. The largest absolute Gasteiger partial charge is 0.475 e. The number of anilines is 1. The molecule has 1 aliphatic rings. The highest BCUT2D eigenvalue weighted by Crippen LogP contribution is 2.30. The Kier molecular flexibility index (Phi) is 6.35. The van der Waals surface area contributed by atoms with Crippen LogP contribution in [0.5, 0.6) is 5.88 Å². The van der Waals surface area contributed by atoms with E-state index >= 15 is 0 Å². The summed E-state index contributed by atoms with van der Waals surface area (Å²) in [5, 5.41) is 8.44. The minimum Gasteiger partial charge on any atom is -0.475 e. The van der Waals surface area contributed by atoms with Crippen LogP contribution in [-0.4, -0.2) is 70.2 Å². The van der Waals surface area contributed by atoms with Gasteiger partial charge in [-0.1, -0.05) is 0 Å². The van der Waals surface area contributed by atoms with E-state index in [1.54, 1.807) is 41.2 Å². The fourth-order valence-electron chi connectivity index (χ4n) is 4.14. The van der Waals surface area contributed by atoms with Gasteiger partial charge in [-0.25, -0.2) is 18.4 Å². The molecule has 0 aliphatic carbocycles. The number of piperazine rings is 1. The number of aromatic amines is 1. The molecule has 0 spiro atoms. The lowest BCUT2D eigenvalue weighted by Gasteiger charge is -2.34. The molecular formula is C24H27N7O3S. The van der Waals surface area contributed by atoms with Crippen LogP contribution in [0.3, 0.4) is 0 Å². The van der Waals surface area contributed by atoms with Crippen LogP contribution in [0.25, 0.3) is 22.2 Å². The maximum absolute atomic E-state index is 12.9. The number of sulfonamides is 1. The number of hydrogen-bond donors (Lipinski definition) is 1. The van der Waals surface area contributed by atoms with Crippen molar-refractivity contribution in [2.75, 3.05) is 31.1 Å². The molecule has 0 radical (unpaired) electrons. The highest BCUT2D eigenvalue weighted by Gasteiger charge is 2.28. The molecule has 35 heavy (non-hydrogen) atoms. The summed E-state index contributed by atoms with van der Waals surface area (Å²) in [4.78, 5) is 14.9. The molecule has 1 saturated heterocycles. The average molecular weight is 494 g/mol. The maximum Gasteiger partial charge on any atom is 0.218 e. The molecule has 0 saturated carbocycles. The lowest BCUT2D eigenvalue weighted by molar-refractivity contribution is 0.233. The molecule has 182 valence electrons. The maximum atomic E-state index is 12.9. The minimum atomic E-state index is -3.40. The lowest BCUT2D eigenvalue weighted by atomic mass is 10.1. The van der Waals surface area contributed by atoms with Gasteiger partial charge < -0.3 is 9.64 Å². The van der Waals surface area contributed by atoms with Gasteiger partial charge in [0.05, 0.1) is 23.6 Å². The van der Waals surface area contributed by atoms with Gasteiger partial charge in [0.1, 0.15) is 11.5 Å². The van der Waals surface area contributed by atoms with E-state index < -0.39 is 10.0 Å². The van der Waals surface area contributed by atoms with Crippen LogP contribution >= 0.6 is 0 Å². The average Bonchev–Trinajstić information content (AvgIpc) is 3.27. The summed E-state index contributed by atoms with van der Waals surface area (Å²) in [5.41, 5.74) is 3.26. The number of pyridine rings is 3. The van der Waals surface area contributed by atoms with Crippen molar-refractivity contribution in [1.29, 1.82) is 0 Å². The topological polar surface area (TPSA) is 117 Å². The van der Waals surface area contributed by atoms with Gasteiger partial charge in [0.2, 0.25) is 15.9 Å². The summed E-state index contributed by atoms with van der Waals surface area (Å²) in [6.07, 6.45) is 6.72. The zero-order chi connectivity index (χ0) is 24.4. The van der Waals surface area contributed by atoms with Crippen molar-refractivity contribution in [3.63, 3.8) is 0 Å². The van der Waals surface area contributed by atoms with Crippen LogP contribution in [0.15, 0.2) is 55.1 Å². The zero-order valence-corrected chi connectivity index (χ0v) is 20.4. The third kappa shape index (κ3) is 5.10. The molecule has 0 atom stereocenters. The Labute approximate surface area is 204 Å². The minimum absolute atomic E-state index is 0.0210. The highest BCUT2D eigenvalue weighted by atomic mass is 32.2. The molecule has 4 aromatic heterocycles. The molecule has 0 aromatic carbocycles. The van der Waals surface area contributed by atoms with Crippen LogP contribution in [0.4, 0.5) is 5.82 Å². The van der Waals surface area contributed by atoms with Crippen LogP contribution in [-0.2, 0) is 15.8 Å². The zero-order valence-electron chi connectivity index (χ0n) is 19.6. The molecule has 1 N–H and O–H groups in total. The summed E-state index contributed by atoms with van der Waals surface area (Å²) < 4.78 is 33.0. The van der Waals surface area contributed by atoms with Crippen LogP contribution in [0.2, 0.25) is 0 Å². The first-order valence-electron chi connectivity index (χ1n) is 11.5. The Morgan fingerprint density at radius 2 is 1.80 bits per heavy atom. The van der Waals surface area contributed by atoms with E-state index in [2.05, 4.69) is 30.0 Å². The van der Waals surface area contributed by atoms with Crippen molar-refractivity contribution in [1.82, 2.24) is 29.5 Å². The molecular weight excluding hydrogens is 466 g/mol. The molecule has 0 amide bonds. The quantitative estimate of drug-likeness (QED) is 0.418. The van der Waals surface area contributed by atoms with Gasteiger partial charge in [0.15, 0.2) is 0 Å². The van der Waals surface area contributed by atoms with Gasteiger partial charge >= 0.3 is 0 Å². The summed E-state index contributed by atoms with van der Waals surface area (Å²) in [6, 6.07) is 9.25. The monoisotopic (exact) mass is 493 g/mol. The Balaban J connectivity index is 1.31. The summed E-state index contributed by atoms with van der Waals surface area (Å²) in [5.74, 6) is 1.32. The molecule has 5 heterocycles. The Morgan fingerprint density at radius 3 is 2.54 bits per heavy atom. The predicted molar refractivity (Wildman–Crippen MR) is 134 cm³/mol. The van der Waals surface area contributed by atoms with E-state index in [9.17, 15) is 8.42 Å². The molecule has 0 bridgehead atoms. The third-order valence-corrected chi connectivity index (χ3v) is 7.70. The van der Waals surface area contributed by atoms with E-state index in [-0.39, 0.29) is 11.9 Å². The molecule has 1 aliphatic heterocycles. The highest BCUT2D eigenvalue weighted by molar-refractivity contribution is 7.88. The number of aromatic nitrogens is 5. The first kappa shape index (κ1) is 23.2. The second-order valence-electron chi connectivity index (χ2n) is 8.71. The smallest absolute Gasteiger partial charge is 0.218 e. The SMILES string of the molecule is CC(C)Oc1cc2c(-c3ccnc(N4CCN(S(=O)(=O)Cc5ccncc5)CC4)c3)n[nH]c2cn1. The normalized spacial score (nSPS) is 15.1. The number of nitrogens with zero attached hydrogens (tertiary/aromatic N) is 6. The Hall–Kier alpha value is -3.57. The van der Waals surface area contributed by atoms with Gasteiger partial charge in [-0.05, 0) is 43.7 Å². The van der Waals surface area contributed by atoms with Gasteiger partial charge in [-0.15, -0.1) is 0 Å². The third-order valence-electron chi connectivity index (χ3n) is 5.85. The van der Waals surface area contributed by atoms with E-state index in [0.29, 0.717) is 32.1 Å². The fourth-order valence-corrected chi connectivity index (χ4v) is 5.65. The van der Waals surface area contributed by atoms with Gasteiger partial charge in [-0.3, -0.25) is 10.1 Å². The number of hydrogen-bond acceptors (Lipinski definition) is 8. The van der Waals surface area contributed by atoms with Crippen molar-refractivity contribution in [2.24, 2.45) is 0 Å². The molecule has 1 fully saturated rings. The van der Waals surface area contributed by atoms with Crippen molar-refractivity contribution < 1.29 is 13.2 Å². The summed E-state index contributed by atoms with van der Waals surface area (Å²) in [6.45, 7) is 5.86. The lowest BCUT2D eigenvalue weighted by Crippen LogP contribution is -2.49. The molecule has 0 unspecified atom stereocenters. The first-order chi connectivity index (χ1) is 16.9. The summed E-state index contributed by atoms with van der Waals surface area (Å²) >= 11 is 0. The van der Waals surface area contributed by atoms with Crippen LogP contribution in [0, 0.1) is 0 Å². The number of nitrogens with one attached hydrogen (secondary N) is 1. The number of rotatable bonds is 7. The number of H-pyrrole nitrogens is 1. The van der Waals surface area contributed by atoms with Crippen molar-refractivity contribution in [3.05, 3.63) is 60.7 Å². The number of fused-ring (bicyclic) bond motifs is 1. The Bertz CT molecular complexity index is 1420. The van der Waals surface area contributed by atoms with Gasteiger partial charge in [-0.2, -0.15) is 9.40 Å². The van der Waals surface area contributed by atoms with Crippen LogP contribution in [0.1, 0.15) is 19.4 Å². The van der Waals surface area contributed by atoms with E-state index in [4.69, 9.17) is 4.74 Å². The predicted octanol–water partition coefficient (Wildman–Crippen LogP) is 2.85. The second-order valence-corrected chi connectivity index (χ2v) is 10.7. The van der Waals surface area contributed by atoms with Crippen molar-refractivity contribution >= 4 is 26.7 Å². The van der Waals surface area contributed by atoms with Crippen molar-refractivity contribution in [2.45, 2.75) is 25.7 Å². The van der Waals surface area contributed by atoms with E-state index in [1.807, 2.05) is 32.0 Å². The van der Waals surface area contributed by atoms with E-state index in [1.165, 1.54) is 0 Å². The fraction of sp³-hybridized carbons (Fsp3) is 0.333. The second kappa shape index (κ2) is 9.59. The molecule has 5 rings (SSSR count). The van der Waals surface area contributed by atoms with Gasteiger partial charge in [0, 0.05) is 61.8 Å². The Morgan fingerprint density at radius 1 is 1.03 bits per heavy atom.